The number of nitrogens with one attached hydrogen (secondary N) is 1. The number of carbonyl (C=O) groups excluding carboxylic acids is 1. The predicted molar refractivity (Wildman–Crippen MR) is 82.5 cm³/mol. The molecule has 0 bridgehead atoms. The second-order valence-electron chi connectivity index (χ2n) is 4.14. The molecule has 1 heterocycles. The number of rotatable bonds is 4. The van der Waals surface area contributed by atoms with Gasteiger partial charge in [0.25, 0.3) is 0 Å². The van der Waals surface area contributed by atoms with Gasteiger partial charge in [-0.15, -0.1) is 11.3 Å². The number of amides is 1. The van der Waals surface area contributed by atoms with Crippen LogP contribution in [0.1, 0.15) is 17.4 Å². The molecule has 1 aromatic heterocycles. The fourth-order valence-corrected chi connectivity index (χ4v) is 2.87. The molecule has 0 aliphatic heterocycles. The highest BCUT2D eigenvalue weighted by molar-refractivity contribution is 9.11. The average molecular weight is 355 g/mol. The summed E-state index contributed by atoms with van der Waals surface area (Å²) < 4.78 is 13.8. The third kappa shape index (κ3) is 4.25. The van der Waals surface area contributed by atoms with E-state index in [1.165, 1.54) is 12.1 Å². The first-order chi connectivity index (χ1) is 9.54. The first-order valence-corrected chi connectivity index (χ1v) is 7.49. The molecule has 2 rings (SSSR count). The molecule has 0 atom stereocenters. The third-order valence-electron chi connectivity index (χ3n) is 2.56. The Morgan fingerprint density at radius 3 is 2.60 bits per heavy atom. The second-order valence-corrected chi connectivity index (χ2v) is 6.60. The summed E-state index contributed by atoms with van der Waals surface area (Å²) in [5, 5.41) is 4.05. The van der Waals surface area contributed by atoms with Crippen molar-refractivity contribution in [3.63, 3.8) is 0 Å². The van der Waals surface area contributed by atoms with Gasteiger partial charge in [-0.2, -0.15) is 5.10 Å². The molecule has 0 radical (unpaired) electrons. The minimum Gasteiger partial charge on any atom is -0.273 e. The molecular weight excluding hydrogens is 343 g/mol. The van der Waals surface area contributed by atoms with Crippen LogP contribution in [0.2, 0.25) is 0 Å². The van der Waals surface area contributed by atoms with Crippen LogP contribution in [0.3, 0.4) is 0 Å². The Balaban J connectivity index is 1.93. The van der Waals surface area contributed by atoms with Crippen LogP contribution in [0.4, 0.5) is 4.39 Å². The Bertz CT molecular complexity index is 637. The van der Waals surface area contributed by atoms with Gasteiger partial charge in [0, 0.05) is 0 Å². The summed E-state index contributed by atoms with van der Waals surface area (Å²) in [5.41, 5.74) is 3.99. The van der Waals surface area contributed by atoms with Crippen molar-refractivity contribution in [3.05, 3.63) is 56.4 Å². The molecule has 1 aromatic carbocycles. The molecule has 1 N–H and O–H groups in total. The summed E-state index contributed by atoms with van der Waals surface area (Å²) in [4.78, 5) is 12.7. The lowest BCUT2D eigenvalue weighted by atomic mass is 10.1. The molecular formula is C14H12BrFN2OS. The number of hydrogen-bond donors (Lipinski definition) is 1. The first kappa shape index (κ1) is 14.9. The normalized spacial score (nSPS) is 11.4. The minimum atomic E-state index is -0.314. The van der Waals surface area contributed by atoms with Crippen molar-refractivity contribution in [1.82, 2.24) is 5.43 Å². The maximum Gasteiger partial charge on any atom is 0.244 e. The van der Waals surface area contributed by atoms with Crippen LogP contribution in [0.15, 0.2) is 45.3 Å². The van der Waals surface area contributed by atoms with E-state index in [9.17, 15) is 9.18 Å². The standard InChI is InChI=1S/C14H12BrFN2OS/c1-9(12-6-7-13(15)20-12)17-18-14(19)8-10-2-4-11(16)5-3-10/h2-7H,8H2,1H3,(H,18,19). The number of halogens is 2. The van der Waals surface area contributed by atoms with Crippen LogP contribution in [-0.2, 0) is 11.2 Å². The number of hydrogen-bond acceptors (Lipinski definition) is 3. The van der Waals surface area contributed by atoms with E-state index in [2.05, 4.69) is 26.5 Å². The van der Waals surface area contributed by atoms with Gasteiger partial charge in [-0.3, -0.25) is 4.79 Å². The minimum absolute atomic E-state index is 0.172. The lowest BCUT2D eigenvalue weighted by molar-refractivity contribution is -0.120. The summed E-state index contributed by atoms with van der Waals surface area (Å²) in [6, 6.07) is 9.70. The van der Waals surface area contributed by atoms with Gasteiger partial charge in [0.1, 0.15) is 5.82 Å². The van der Waals surface area contributed by atoms with E-state index in [0.717, 1.165) is 19.9 Å². The van der Waals surface area contributed by atoms with Crippen molar-refractivity contribution in [2.24, 2.45) is 5.10 Å². The summed E-state index contributed by atoms with van der Waals surface area (Å²) in [5.74, 6) is -0.544. The highest BCUT2D eigenvalue weighted by Crippen LogP contribution is 2.22. The molecule has 0 spiro atoms. The zero-order valence-electron chi connectivity index (χ0n) is 10.7. The van der Waals surface area contributed by atoms with Gasteiger partial charge in [-0.25, -0.2) is 9.82 Å². The molecule has 2 aromatic rings. The van der Waals surface area contributed by atoms with Crippen LogP contribution in [0.25, 0.3) is 0 Å². The number of benzene rings is 1. The van der Waals surface area contributed by atoms with E-state index in [-0.39, 0.29) is 18.1 Å². The predicted octanol–water partition coefficient (Wildman–Crippen LogP) is 3.73. The quantitative estimate of drug-likeness (QED) is 0.659. The molecule has 0 aliphatic rings. The third-order valence-corrected chi connectivity index (χ3v) is 4.29. The Hall–Kier alpha value is -1.53. The molecule has 1 amide bonds. The fraction of sp³-hybridized carbons (Fsp3) is 0.143. The molecule has 6 heteroatoms. The monoisotopic (exact) mass is 354 g/mol. The van der Waals surface area contributed by atoms with Crippen molar-refractivity contribution in [3.8, 4) is 0 Å². The Morgan fingerprint density at radius 2 is 2.00 bits per heavy atom. The SMILES string of the molecule is CC(=NNC(=O)Cc1ccc(F)cc1)c1ccc(Br)s1. The van der Waals surface area contributed by atoms with E-state index in [4.69, 9.17) is 0 Å². The van der Waals surface area contributed by atoms with Gasteiger partial charge in [-0.05, 0) is 52.7 Å². The van der Waals surface area contributed by atoms with E-state index < -0.39 is 0 Å². The van der Waals surface area contributed by atoms with Crippen LogP contribution in [0.5, 0.6) is 0 Å². The van der Waals surface area contributed by atoms with Crippen LogP contribution in [0, 0.1) is 5.82 Å². The highest BCUT2D eigenvalue weighted by Gasteiger charge is 2.05. The zero-order chi connectivity index (χ0) is 14.5. The van der Waals surface area contributed by atoms with E-state index in [0.29, 0.717) is 0 Å². The Kier molecular flexibility index (Phi) is 5.03. The van der Waals surface area contributed by atoms with Crippen molar-refractivity contribution < 1.29 is 9.18 Å². The van der Waals surface area contributed by atoms with Gasteiger partial charge in [0.2, 0.25) is 5.91 Å². The summed E-state index contributed by atoms with van der Waals surface area (Å²) in [7, 11) is 0. The largest absolute Gasteiger partial charge is 0.273 e. The van der Waals surface area contributed by atoms with Gasteiger partial charge >= 0.3 is 0 Å². The maximum atomic E-state index is 12.7. The Labute approximate surface area is 128 Å². The molecule has 104 valence electrons. The topological polar surface area (TPSA) is 41.5 Å². The molecule has 0 saturated carbocycles. The van der Waals surface area contributed by atoms with Crippen molar-refractivity contribution >= 4 is 38.9 Å². The van der Waals surface area contributed by atoms with Crippen molar-refractivity contribution in [2.75, 3.05) is 0 Å². The second kappa shape index (κ2) is 6.76. The van der Waals surface area contributed by atoms with Gasteiger partial charge in [0.05, 0.1) is 20.8 Å². The molecule has 0 unspecified atom stereocenters. The van der Waals surface area contributed by atoms with Gasteiger partial charge in [0.15, 0.2) is 0 Å². The molecule has 0 fully saturated rings. The van der Waals surface area contributed by atoms with E-state index >= 15 is 0 Å². The fourth-order valence-electron chi connectivity index (χ4n) is 1.54. The molecule has 20 heavy (non-hydrogen) atoms. The lowest BCUT2D eigenvalue weighted by Gasteiger charge is -2.02. The highest BCUT2D eigenvalue weighted by atomic mass is 79.9. The van der Waals surface area contributed by atoms with Crippen molar-refractivity contribution in [2.45, 2.75) is 13.3 Å². The maximum absolute atomic E-state index is 12.7. The first-order valence-electron chi connectivity index (χ1n) is 5.88. The number of hydrazone groups is 1. The lowest BCUT2D eigenvalue weighted by Crippen LogP contribution is -2.21. The molecule has 0 saturated heterocycles. The van der Waals surface area contributed by atoms with Crippen LogP contribution < -0.4 is 5.43 Å². The Morgan fingerprint density at radius 1 is 1.30 bits per heavy atom. The van der Waals surface area contributed by atoms with Gasteiger partial charge < -0.3 is 0 Å². The average Bonchev–Trinajstić information content (AvgIpc) is 2.85. The number of carbonyl (C=O) groups is 1. The van der Waals surface area contributed by atoms with Crippen molar-refractivity contribution in [1.29, 1.82) is 0 Å². The van der Waals surface area contributed by atoms with E-state index in [1.54, 1.807) is 23.5 Å². The number of nitrogens with zero attached hydrogens (tertiary/aromatic N) is 1. The zero-order valence-corrected chi connectivity index (χ0v) is 13.1. The number of thiophene rings is 1. The van der Waals surface area contributed by atoms with Crippen LogP contribution in [-0.4, -0.2) is 11.6 Å². The summed E-state index contributed by atoms with van der Waals surface area (Å²) in [6.45, 7) is 1.83. The summed E-state index contributed by atoms with van der Waals surface area (Å²) in [6.07, 6.45) is 0.172. The molecule has 0 aliphatic carbocycles. The van der Waals surface area contributed by atoms with E-state index in [1.807, 2.05) is 19.1 Å². The van der Waals surface area contributed by atoms with Crippen LogP contribution >= 0.6 is 27.3 Å². The molecule has 3 nitrogen and oxygen atoms in total. The van der Waals surface area contributed by atoms with Gasteiger partial charge in [-0.1, -0.05) is 12.1 Å². The summed E-state index contributed by atoms with van der Waals surface area (Å²) >= 11 is 4.92. The smallest absolute Gasteiger partial charge is 0.244 e.